The van der Waals surface area contributed by atoms with Crippen LogP contribution in [0.25, 0.3) is 0 Å². The average Bonchev–Trinajstić information content (AvgIpc) is 2.78. The van der Waals surface area contributed by atoms with Crippen LogP contribution in [0.4, 0.5) is 0 Å². The van der Waals surface area contributed by atoms with Crippen LogP contribution in [0.1, 0.15) is 28.4 Å². The molecule has 0 fully saturated rings. The first-order valence-electron chi connectivity index (χ1n) is 7.73. The van der Waals surface area contributed by atoms with Crippen molar-refractivity contribution in [1.82, 2.24) is 4.90 Å². The summed E-state index contributed by atoms with van der Waals surface area (Å²) in [7, 11) is 0. The fourth-order valence-corrected chi connectivity index (χ4v) is 3.03. The highest BCUT2D eigenvalue weighted by atomic mass is 16.3. The number of aliphatic hydroxyl groups excluding tert-OH is 1. The lowest BCUT2D eigenvalue weighted by molar-refractivity contribution is 0.115. The van der Waals surface area contributed by atoms with E-state index < -0.39 is 6.10 Å². The number of benzene rings is 2. The second-order valence-electron chi connectivity index (χ2n) is 5.82. The normalized spacial score (nSPS) is 16.4. The molecule has 1 aliphatic rings. The van der Waals surface area contributed by atoms with Crippen LogP contribution in [-0.2, 0) is 12.8 Å². The predicted octanol–water partition coefficient (Wildman–Crippen LogP) is 2.69. The highest BCUT2D eigenvalue weighted by molar-refractivity contribution is 5.32. The van der Waals surface area contributed by atoms with Crippen LogP contribution in [0.5, 0.6) is 0 Å². The maximum absolute atomic E-state index is 10.4. The van der Waals surface area contributed by atoms with E-state index in [2.05, 4.69) is 35.2 Å². The van der Waals surface area contributed by atoms with Gasteiger partial charge >= 0.3 is 0 Å². The molecule has 3 rings (SSSR count). The van der Waals surface area contributed by atoms with E-state index in [1.54, 1.807) is 12.1 Å². The first-order chi connectivity index (χ1) is 10.8. The quantitative estimate of drug-likeness (QED) is 0.946. The minimum absolute atomic E-state index is 0.506. The molecule has 0 aliphatic carbocycles. The van der Waals surface area contributed by atoms with E-state index in [4.69, 9.17) is 5.26 Å². The highest BCUT2D eigenvalue weighted by Crippen LogP contribution is 2.19. The third kappa shape index (κ3) is 3.36. The van der Waals surface area contributed by atoms with E-state index in [-0.39, 0.29) is 0 Å². The van der Waals surface area contributed by atoms with E-state index in [1.165, 1.54) is 11.1 Å². The van der Waals surface area contributed by atoms with Gasteiger partial charge in [-0.3, -0.25) is 4.90 Å². The number of nitriles is 1. The van der Waals surface area contributed by atoms with Gasteiger partial charge in [0.15, 0.2) is 0 Å². The molecule has 0 saturated carbocycles. The Morgan fingerprint density at radius 3 is 2.14 bits per heavy atom. The molecule has 2 aromatic rings. The molecule has 112 valence electrons. The molecule has 3 heteroatoms. The summed E-state index contributed by atoms with van der Waals surface area (Å²) >= 11 is 0. The smallest absolute Gasteiger partial charge is 0.0991 e. The summed E-state index contributed by atoms with van der Waals surface area (Å²) in [5, 5.41) is 19.2. The zero-order valence-electron chi connectivity index (χ0n) is 12.6. The van der Waals surface area contributed by atoms with Crippen LogP contribution in [0.15, 0.2) is 48.5 Å². The van der Waals surface area contributed by atoms with Crippen molar-refractivity contribution < 1.29 is 5.11 Å². The van der Waals surface area contributed by atoms with Crippen LogP contribution < -0.4 is 0 Å². The van der Waals surface area contributed by atoms with Crippen LogP contribution in [-0.4, -0.2) is 29.6 Å². The number of nitrogens with zero attached hydrogens (tertiary/aromatic N) is 2. The Morgan fingerprint density at radius 2 is 1.59 bits per heavy atom. The largest absolute Gasteiger partial charge is 0.387 e. The molecule has 3 nitrogen and oxygen atoms in total. The Bertz CT molecular complexity index is 646. The second kappa shape index (κ2) is 6.74. The molecular weight excluding hydrogens is 272 g/mol. The fraction of sp³-hybridized carbons (Fsp3) is 0.316. The van der Waals surface area contributed by atoms with Crippen molar-refractivity contribution >= 4 is 0 Å². The van der Waals surface area contributed by atoms with Gasteiger partial charge in [0, 0.05) is 19.6 Å². The SMILES string of the molecule is N#Cc1ccc(C(O)CN2CCc3ccccc3CC2)cc1. The minimum atomic E-state index is -0.506. The molecule has 1 heterocycles. The van der Waals surface area contributed by atoms with Gasteiger partial charge in [0.05, 0.1) is 17.7 Å². The van der Waals surface area contributed by atoms with Crippen molar-refractivity contribution in [2.45, 2.75) is 18.9 Å². The lowest BCUT2D eigenvalue weighted by Crippen LogP contribution is -2.31. The molecule has 0 aromatic heterocycles. The molecule has 0 amide bonds. The summed E-state index contributed by atoms with van der Waals surface area (Å²) in [6, 6.07) is 17.9. The number of β-amino-alcohol motifs (C(OH)–C–C–N with tert-alkyl or cyclic N) is 1. The minimum Gasteiger partial charge on any atom is -0.387 e. The van der Waals surface area contributed by atoms with Crippen molar-refractivity contribution in [2.24, 2.45) is 0 Å². The van der Waals surface area contributed by atoms with Crippen molar-refractivity contribution in [1.29, 1.82) is 5.26 Å². The van der Waals surface area contributed by atoms with Crippen molar-refractivity contribution in [3.05, 3.63) is 70.8 Å². The summed E-state index contributed by atoms with van der Waals surface area (Å²) in [5.41, 5.74) is 4.36. The van der Waals surface area contributed by atoms with Crippen LogP contribution in [0.3, 0.4) is 0 Å². The molecule has 1 unspecified atom stereocenters. The molecule has 2 aromatic carbocycles. The monoisotopic (exact) mass is 292 g/mol. The lowest BCUT2D eigenvalue weighted by atomic mass is 10.0. The van der Waals surface area contributed by atoms with Gasteiger partial charge in [-0.1, -0.05) is 36.4 Å². The van der Waals surface area contributed by atoms with E-state index in [0.29, 0.717) is 12.1 Å². The first kappa shape index (κ1) is 14.8. The molecule has 0 spiro atoms. The Balaban J connectivity index is 1.62. The maximum Gasteiger partial charge on any atom is 0.0991 e. The average molecular weight is 292 g/mol. The van der Waals surface area contributed by atoms with Gasteiger partial charge in [-0.05, 0) is 41.7 Å². The third-order valence-electron chi connectivity index (χ3n) is 4.37. The zero-order valence-corrected chi connectivity index (χ0v) is 12.6. The number of aliphatic hydroxyl groups is 1. The third-order valence-corrected chi connectivity index (χ3v) is 4.37. The van der Waals surface area contributed by atoms with Gasteiger partial charge < -0.3 is 5.11 Å². The summed E-state index contributed by atoms with van der Waals surface area (Å²) in [6.45, 7) is 2.59. The van der Waals surface area contributed by atoms with Gasteiger partial charge in [-0.15, -0.1) is 0 Å². The summed E-state index contributed by atoms with van der Waals surface area (Å²) in [5.74, 6) is 0. The van der Waals surface area contributed by atoms with E-state index >= 15 is 0 Å². The Morgan fingerprint density at radius 1 is 1.00 bits per heavy atom. The van der Waals surface area contributed by atoms with Gasteiger partial charge in [0.25, 0.3) is 0 Å². The van der Waals surface area contributed by atoms with Crippen LogP contribution in [0.2, 0.25) is 0 Å². The summed E-state index contributed by atoms with van der Waals surface area (Å²) in [4.78, 5) is 2.32. The van der Waals surface area contributed by atoms with Gasteiger partial charge in [-0.2, -0.15) is 5.26 Å². The number of fused-ring (bicyclic) bond motifs is 1. The van der Waals surface area contributed by atoms with Crippen LogP contribution in [0, 0.1) is 11.3 Å². The van der Waals surface area contributed by atoms with E-state index in [0.717, 1.165) is 31.5 Å². The molecule has 0 radical (unpaired) electrons. The fourth-order valence-electron chi connectivity index (χ4n) is 3.03. The molecule has 1 N–H and O–H groups in total. The predicted molar refractivity (Wildman–Crippen MR) is 86.4 cm³/mol. The summed E-state index contributed by atoms with van der Waals surface area (Å²) < 4.78 is 0. The topological polar surface area (TPSA) is 47.3 Å². The zero-order chi connectivity index (χ0) is 15.4. The molecule has 1 aliphatic heterocycles. The van der Waals surface area contributed by atoms with Crippen molar-refractivity contribution in [3.8, 4) is 6.07 Å². The molecule has 1 atom stereocenters. The molecule has 0 saturated heterocycles. The molecule has 22 heavy (non-hydrogen) atoms. The Hall–Kier alpha value is -2.15. The van der Waals surface area contributed by atoms with Crippen molar-refractivity contribution in [2.75, 3.05) is 19.6 Å². The highest BCUT2D eigenvalue weighted by Gasteiger charge is 2.17. The number of hydrogen-bond acceptors (Lipinski definition) is 3. The lowest BCUT2D eigenvalue weighted by Gasteiger charge is -2.23. The second-order valence-corrected chi connectivity index (χ2v) is 5.82. The van der Waals surface area contributed by atoms with Gasteiger partial charge in [0.1, 0.15) is 0 Å². The molecule has 0 bridgehead atoms. The van der Waals surface area contributed by atoms with E-state index in [9.17, 15) is 5.11 Å². The van der Waals surface area contributed by atoms with Gasteiger partial charge in [0.2, 0.25) is 0 Å². The first-order valence-corrected chi connectivity index (χ1v) is 7.73. The summed E-state index contributed by atoms with van der Waals surface area (Å²) in [6.07, 6.45) is 1.57. The molecular formula is C19H20N2O. The van der Waals surface area contributed by atoms with E-state index in [1.807, 2.05) is 12.1 Å². The standard InChI is InChI=1S/C19H20N2O/c20-13-15-5-7-18(8-6-15)19(22)14-21-11-9-16-3-1-2-4-17(16)10-12-21/h1-8,19,22H,9-12,14H2. The Kier molecular flexibility index (Phi) is 4.53. The van der Waals surface area contributed by atoms with Crippen molar-refractivity contribution in [3.63, 3.8) is 0 Å². The Labute approximate surface area is 131 Å². The number of rotatable bonds is 3. The number of hydrogen-bond donors (Lipinski definition) is 1. The van der Waals surface area contributed by atoms with Gasteiger partial charge in [-0.25, -0.2) is 0 Å². The maximum atomic E-state index is 10.4. The van der Waals surface area contributed by atoms with Crippen LogP contribution >= 0.6 is 0 Å².